The van der Waals surface area contributed by atoms with Crippen LogP contribution in [0.15, 0.2) is 30.3 Å². The van der Waals surface area contributed by atoms with Crippen molar-refractivity contribution in [1.29, 1.82) is 0 Å². The molecule has 0 aromatic heterocycles. The number of unbranched alkanes of at least 4 members (excludes halogenated alkanes) is 8. The number of amides is 2. The minimum Gasteiger partial charge on any atom is -0.426 e. The summed E-state index contributed by atoms with van der Waals surface area (Å²) in [6, 6.07) is 6.06. The second kappa shape index (κ2) is 20.5. The molecular weight excluding hydrogens is 569 g/mol. The molecule has 0 aliphatic carbocycles. The van der Waals surface area contributed by atoms with Crippen LogP contribution in [-0.4, -0.2) is 65.8 Å². The van der Waals surface area contributed by atoms with Crippen LogP contribution < -0.4 is 5.32 Å². The highest BCUT2D eigenvalue weighted by Crippen LogP contribution is 2.32. The van der Waals surface area contributed by atoms with Crippen molar-refractivity contribution in [3.63, 3.8) is 0 Å². The third kappa shape index (κ3) is 12.6. The van der Waals surface area contributed by atoms with Crippen molar-refractivity contribution in [2.75, 3.05) is 32.7 Å². The number of hydrogen-bond donors (Lipinski definition) is 1. The number of carbonyl (C=O) groups excluding carboxylic acids is 3. The molecule has 0 saturated carbocycles. The molecule has 2 aliphatic heterocycles. The quantitative estimate of drug-likeness (QED) is 0.0959. The summed E-state index contributed by atoms with van der Waals surface area (Å²) in [6.45, 7) is 8.40. The maximum absolute atomic E-state index is 13.7. The number of halogens is 1. The summed E-state index contributed by atoms with van der Waals surface area (Å²) in [5, 5.41) is 2.79. The first kappa shape index (κ1) is 36.9. The smallest absolute Gasteiger partial charge is 0.311 e. The van der Waals surface area contributed by atoms with E-state index >= 15 is 0 Å². The molecule has 0 radical (unpaired) electrons. The Balaban J connectivity index is 1.57. The molecule has 1 aromatic carbocycles. The molecular formula is C37H58FN3O4. The van der Waals surface area contributed by atoms with Crippen LogP contribution in [0.4, 0.5) is 4.39 Å². The summed E-state index contributed by atoms with van der Waals surface area (Å²) >= 11 is 0. The van der Waals surface area contributed by atoms with Crippen LogP contribution >= 0.6 is 0 Å². The molecule has 1 aromatic rings. The highest BCUT2D eigenvalue weighted by molar-refractivity contribution is 6.00. The van der Waals surface area contributed by atoms with Crippen molar-refractivity contribution in [3.8, 4) is 0 Å². The summed E-state index contributed by atoms with van der Waals surface area (Å²) in [4.78, 5) is 43.7. The summed E-state index contributed by atoms with van der Waals surface area (Å²) in [6.07, 6.45) is 18.7. The number of rotatable bonds is 19. The van der Waals surface area contributed by atoms with Gasteiger partial charge in [-0.25, -0.2) is 4.39 Å². The van der Waals surface area contributed by atoms with E-state index in [1.807, 2.05) is 6.08 Å². The van der Waals surface area contributed by atoms with E-state index in [0.29, 0.717) is 43.4 Å². The molecule has 0 atom stereocenters. The number of hydrogen-bond acceptors (Lipinski definition) is 6. The molecule has 8 heteroatoms. The van der Waals surface area contributed by atoms with Crippen molar-refractivity contribution < 1.29 is 23.5 Å². The normalized spacial score (nSPS) is 17.6. The predicted octanol–water partition coefficient (Wildman–Crippen LogP) is 7.78. The van der Waals surface area contributed by atoms with Gasteiger partial charge in [-0.3, -0.25) is 24.6 Å². The molecule has 0 unspecified atom stereocenters. The van der Waals surface area contributed by atoms with Gasteiger partial charge in [0.1, 0.15) is 17.1 Å². The first-order valence-electron chi connectivity index (χ1n) is 17.9. The summed E-state index contributed by atoms with van der Waals surface area (Å²) in [5.41, 5.74) is 0.0431. The molecule has 0 spiro atoms. The van der Waals surface area contributed by atoms with Gasteiger partial charge < -0.3 is 9.64 Å². The number of piperidine rings is 2. The van der Waals surface area contributed by atoms with Crippen LogP contribution in [0.1, 0.15) is 135 Å². The molecule has 0 bridgehead atoms. The fraction of sp³-hybridized carbons (Fsp3) is 0.703. The van der Waals surface area contributed by atoms with Gasteiger partial charge in [-0.15, -0.1) is 0 Å². The minimum absolute atomic E-state index is 0.122. The van der Waals surface area contributed by atoms with Crippen molar-refractivity contribution in [3.05, 3.63) is 41.7 Å². The molecule has 2 heterocycles. The molecule has 2 amide bonds. The lowest BCUT2D eigenvalue weighted by Gasteiger charge is -2.48. The number of nitrogens with one attached hydrogen (secondary N) is 1. The highest BCUT2D eigenvalue weighted by Gasteiger charge is 2.46. The van der Waals surface area contributed by atoms with E-state index in [1.54, 1.807) is 12.1 Å². The third-order valence-corrected chi connectivity index (χ3v) is 9.44. The van der Waals surface area contributed by atoms with Crippen molar-refractivity contribution >= 4 is 23.5 Å². The Hall–Kier alpha value is -2.58. The second-order valence-corrected chi connectivity index (χ2v) is 13.0. The maximum atomic E-state index is 13.7. The summed E-state index contributed by atoms with van der Waals surface area (Å²) < 4.78 is 19.4. The van der Waals surface area contributed by atoms with E-state index in [9.17, 15) is 18.8 Å². The lowest BCUT2D eigenvalue weighted by atomic mass is 9.83. The molecule has 45 heavy (non-hydrogen) atoms. The Bertz CT molecular complexity index is 1060. The van der Waals surface area contributed by atoms with Crippen LogP contribution in [0.25, 0.3) is 5.76 Å². The Labute approximate surface area is 271 Å². The van der Waals surface area contributed by atoms with E-state index in [2.05, 4.69) is 29.0 Å². The van der Waals surface area contributed by atoms with Crippen LogP contribution in [0.5, 0.6) is 0 Å². The van der Waals surface area contributed by atoms with E-state index in [-0.39, 0.29) is 23.6 Å². The molecule has 2 fully saturated rings. The number of likely N-dealkylation sites (tertiary alicyclic amines) is 2. The SMILES string of the molecule is CCCCCCCC(=O)NC(=O)C1(N2CCCCC2)CCN(CC/C=C(\OC(=O)CCCCCCC)c2ccc(F)cc2)CC1. The van der Waals surface area contributed by atoms with Crippen LogP contribution in [-0.2, 0) is 19.1 Å². The second-order valence-electron chi connectivity index (χ2n) is 13.0. The number of esters is 1. The summed E-state index contributed by atoms with van der Waals surface area (Å²) in [7, 11) is 0. The van der Waals surface area contributed by atoms with Crippen LogP contribution in [0.3, 0.4) is 0 Å². The first-order chi connectivity index (χ1) is 21.9. The molecule has 252 valence electrons. The Morgan fingerprint density at radius 3 is 2.04 bits per heavy atom. The van der Waals surface area contributed by atoms with Gasteiger partial charge in [0.15, 0.2) is 0 Å². The number of carbonyl (C=O) groups is 3. The highest BCUT2D eigenvalue weighted by atomic mass is 19.1. The lowest BCUT2D eigenvalue weighted by Crippen LogP contribution is -2.64. The van der Waals surface area contributed by atoms with Gasteiger partial charge in [0.2, 0.25) is 11.8 Å². The molecule has 2 saturated heterocycles. The van der Waals surface area contributed by atoms with Crippen molar-refractivity contribution in [1.82, 2.24) is 15.1 Å². The standard InChI is InChI=1S/C37H58FN3O4/c1-3-5-7-9-12-18-34(42)39-36(44)37(41-27-14-11-15-28-41)24-29-40(30-25-37)26-16-17-33(31-20-22-32(38)23-21-31)45-35(43)19-13-10-8-6-4-2/h17,20-23H,3-16,18-19,24-30H2,1-2H3,(H,39,42,44)/b33-17-. The fourth-order valence-corrected chi connectivity index (χ4v) is 6.61. The Morgan fingerprint density at radius 2 is 1.42 bits per heavy atom. The Morgan fingerprint density at radius 1 is 0.822 bits per heavy atom. The van der Waals surface area contributed by atoms with Gasteiger partial charge in [0, 0.05) is 38.0 Å². The monoisotopic (exact) mass is 627 g/mol. The molecule has 7 nitrogen and oxygen atoms in total. The molecule has 3 rings (SSSR count). The largest absolute Gasteiger partial charge is 0.426 e. The van der Waals surface area contributed by atoms with Crippen LogP contribution in [0.2, 0.25) is 0 Å². The van der Waals surface area contributed by atoms with Crippen LogP contribution in [0, 0.1) is 5.82 Å². The van der Waals surface area contributed by atoms with Gasteiger partial charge in [-0.1, -0.05) is 71.6 Å². The summed E-state index contributed by atoms with van der Waals surface area (Å²) in [5.74, 6) is -0.385. The van der Waals surface area contributed by atoms with E-state index in [4.69, 9.17) is 4.74 Å². The van der Waals surface area contributed by atoms with E-state index in [0.717, 1.165) is 90.5 Å². The zero-order chi connectivity index (χ0) is 32.3. The Kier molecular flexibility index (Phi) is 16.8. The average Bonchev–Trinajstić information content (AvgIpc) is 3.05. The number of benzene rings is 1. The number of nitrogens with zero attached hydrogens (tertiary/aromatic N) is 2. The lowest BCUT2D eigenvalue weighted by molar-refractivity contribution is -0.143. The first-order valence-corrected chi connectivity index (χ1v) is 17.9. The number of ether oxygens (including phenoxy) is 1. The van der Waals surface area contributed by atoms with Crippen molar-refractivity contribution in [2.24, 2.45) is 0 Å². The van der Waals surface area contributed by atoms with Gasteiger partial charge in [-0.2, -0.15) is 0 Å². The van der Waals surface area contributed by atoms with Gasteiger partial charge in [-0.05, 0) is 88.4 Å². The molecule has 2 aliphatic rings. The van der Waals surface area contributed by atoms with E-state index < -0.39 is 5.54 Å². The fourth-order valence-electron chi connectivity index (χ4n) is 6.61. The van der Waals surface area contributed by atoms with E-state index in [1.165, 1.54) is 37.8 Å². The van der Waals surface area contributed by atoms with Gasteiger partial charge in [0.25, 0.3) is 0 Å². The topological polar surface area (TPSA) is 79.0 Å². The zero-order valence-electron chi connectivity index (χ0n) is 28.1. The zero-order valence-corrected chi connectivity index (χ0v) is 28.1. The molecule has 1 N–H and O–H groups in total. The van der Waals surface area contributed by atoms with Gasteiger partial charge >= 0.3 is 5.97 Å². The van der Waals surface area contributed by atoms with Gasteiger partial charge in [0.05, 0.1) is 0 Å². The average molecular weight is 628 g/mol. The predicted molar refractivity (Wildman–Crippen MR) is 179 cm³/mol. The number of imide groups is 1. The maximum Gasteiger partial charge on any atom is 0.311 e. The minimum atomic E-state index is -0.642. The third-order valence-electron chi connectivity index (χ3n) is 9.44. The van der Waals surface area contributed by atoms with Crippen molar-refractivity contribution in [2.45, 2.75) is 135 Å².